The van der Waals surface area contributed by atoms with Crippen LogP contribution in [0.25, 0.3) is 10.9 Å². The van der Waals surface area contributed by atoms with Gasteiger partial charge in [0.1, 0.15) is 0 Å². The number of fused-ring (bicyclic) bond motifs is 2. The molecule has 0 fully saturated rings. The summed E-state index contributed by atoms with van der Waals surface area (Å²) in [6.45, 7) is 3.84. The third-order valence-electron chi connectivity index (χ3n) is 5.97. The largest absolute Gasteiger partial charge is 0.454 e. The van der Waals surface area contributed by atoms with Crippen LogP contribution in [0.3, 0.4) is 0 Å². The average molecular weight is 402 g/mol. The van der Waals surface area contributed by atoms with E-state index >= 15 is 0 Å². The molecule has 0 amide bonds. The zero-order valence-electron chi connectivity index (χ0n) is 17.7. The lowest BCUT2D eigenvalue weighted by atomic mass is 9.90. The number of Topliss-reactive ketones (excluding diaryl/α,β-unsaturated/α-hetero) is 1. The molecule has 4 heteroatoms. The Hall–Kier alpha value is -3.01. The van der Waals surface area contributed by atoms with E-state index in [1.807, 2.05) is 43.3 Å². The van der Waals surface area contributed by atoms with Gasteiger partial charge in [-0.15, -0.1) is 0 Å². The maximum Gasteiger partial charge on any atom is 0.339 e. The average Bonchev–Trinajstić information content (AvgIpc) is 2.80. The number of ketones is 1. The van der Waals surface area contributed by atoms with Crippen molar-refractivity contribution in [1.82, 2.24) is 4.98 Å². The van der Waals surface area contributed by atoms with Gasteiger partial charge in [-0.25, -0.2) is 4.79 Å². The Bertz CT molecular complexity index is 1120. The Morgan fingerprint density at radius 2 is 1.80 bits per heavy atom. The van der Waals surface area contributed by atoms with Gasteiger partial charge < -0.3 is 4.74 Å². The fourth-order valence-corrected chi connectivity index (χ4v) is 4.30. The molecule has 0 spiro atoms. The number of carbonyl (C=O) groups excluding carboxylic acids is 2. The first-order valence-electron chi connectivity index (χ1n) is 10.8. The topological polar surface area (TPSA) is 56.3 Å². The van der Waals surface area contributed by atoms with Crippen LogP contribution < -0.4 is 0 Å². The normalized spacial score (nSPS) is 13.1. The lowest BCUT2D eigenvalue weighted by molar-refractivity contribution is 0.0475. The minimum atomic E-state index is -0.426. The summed E-state index contributed by atoms with van der Waals surface area (Å²) in [6.07, 6.45) is 5.45. The molecule has 4 rings (SSSR count). The Morgan fingerprint density at radius 3 is 2.60 bits per heavy atom. The van der Waals surface area contributed by atoms with Gasteiger partial charge in [0, 0.05) is 16.6 Å². The van der Waals surface area contributed by atoms with Crippen LogP contribution in [-0.2, 0) is 30.4 Å². The Morgan fingerprint density at radius 1 is 1.00 bits per heavy atom. The number of aryl methyl sites for hydroxylation is 3. The number of pyridine rings is 1. The smallest absolute Gasteiger partial charge is 0.339 e. The number of benzene rings is 2. The van der Waals surface area contributed by atoms with Crippen LogP contribution in [0.5, 0.6) is 0 Å². The lowest BCUT2D eigenvalue weighted by Crippen LogP contribution is -2.19. The predicted octanol–water partition coefficient (Wildman–Crippen LogP) is 5.28. The van der Waals surface area contributed by atoms with E-state index in [0.29, 0.717) is 11.1 Å². The fraction of sp³-hybridized carbons (Fsp3) is 0.346. The highest BCUT2D eigenvalue weighted by Gasteiger charge is 2.24. The highest BCUT2D eigenvalue weighted by atomic mass is 16.5. The zero-order chi connectivity index (χ0) is 21.1. The highest BCUT2D eigenvalue weighted by molar-refractivity contribution is 6.06. The van der Waals surface area contributed by atoms with Crippen molar-refractivity contribution in [3.05, 3.63) is 76.0 Å². The second kappa shape index (κ2) is 8.78. The lowest BCUT2D eigenvalue weighted by Gasteiger charge is -2.20. The van der Waals surface area contributed by atoms with Crippen molar-refractivity contribution in [2.24, 2.45) is 0 Å². The molecule has 3 aromatic rings. The molecule has 0 radical (unpaired) electrons. The summed E-state index contributed by atoms with van der Waals surface area (Å²) in [5.41, 5.74) is 6.12. The van der Waals surface area contributed by atoms with Gasteiger partial charge in [-0.3, -0.25) is 9.78 Å². The molecule has 0 unspecified atom stereocenters. The van der Waals surface area contributed by atoms with E-state index in [2.05, 4.69) is 13.0 Å². The molecule has 2 aromatic carbocycles. The Balaban J connectivity index is 1.62. The SMILES string of the molecule is CCc1ccc(CC)c(C(=O)COC(=O)c2c3c(nc4ccccc24)CCCC3)c1. The van der Waals surface area contributed by atoms with Crippen molar-refractivity contribution >= 4 is 22.7 Å². The van der Waals surface area contributed by atoms with E-state index in [1.165, 1.54) is 0 Å². The Kier molecular flexibility index (Phi) is 5.93. The van der Waals surface area contributed by atoms with Gasteiger partial charge in [-0.2, -0.15) is 0 Å². The van der Waals surface area contributed by atoms with Crippen LogP contribution >= 0.6 is 0 Å². The monoisotopic (exact) mass is 401 g/mol. The molecule has 30 heavy (non-hydrogen) atoms. The first-order chi connectivity index (χ1) is 14.6. The van der Waals surface area contributed by atoms with E-state index < -0.39 is 5.97 Å². The van der Waals surface area contributed by atoms with Crippen molar-refractivity contribution in [2.45, 2.75) is 52.4 Å². The van der Waals surface area contributed by atoms with Crippen LogP contribution in [0.15, 0.2) is 42.5 Å². The molecule has 4 nitrogen and oxygen atoms in total. The third kappa shape index (κ3) is 3.87. The summed E-state index contributed by atoms with van der Waals surface area (Å²) in [6, 6.07) is 13.7. The molecular weight excluding hydrogens is 374 g/mol. The number of aromatic nitrogens is 1. The fourth-order valence-electron chi connectivity index (χ4n) is 4.30. The molecule has 1 aliphatic rings. The van der Waals surface area contributed by atoms with Crippen LogP contribution in [0.1, 0.15) is 69.8 Å². The second-order valence-corrected chi connectivity index (χ2v) is 7.83. The number of nitrogens with zero attached hydrogens (tertiary/aromatic N) is 1. The summed E-state index contributed by atoms with van der Waals surface area (Å²) < 4.78 is 5.58. The van der Waals surface area contributed by atoms with Crippen LogP contribution in [0, 0.1) is 0 Å². The minimum Gasteiger partial charge on any atom is -0.454 e. The van der Waals surface area contributed by atoms with Gasteiger partial charge in [0.15, 0.2) is 6.61 Å². The van der Waals surface area contributed by atoms with Gasteiger partial charge in [-0.1, -0.05) is 44.2 Å². The quantitative estimate of drug-likeness (QED) is 0.417. The van der Waals surface area contributed by atoms with Crippen LogP contribution in [0.2, 0.25) is 0 Å². The van der Waals surface area contributed by atoms with Gasteiger partial charge in [0.2, 0.25) is 5.78 Å². The van der Waals surface area contributed by atoms with Crippen molar-refractivity contribution in [3.8, 4) is 0 Å². The van der Waals surface area contributed by atoms with Gasteiger partial charge >= 0.3 is 5.97 Å². The number of esters is 1. The van der Waals surface area contributed by atoms with Crippen LogP contribution in [-0.4, -0.2) is 23.3 Å². The molecular formula is C26H27NO3. The van der Waals surface area contributed by atoms with Gasteiger partial charge in [-0.05, 0) is 67.3 Å². The molecule has 1 aromatic heterocycles. The first kappa shape index (κ1) is 20.3. The summed E-state index contributed by atoms with van der Waals surface area (Å²) in [5.74, 6) is -0.576. The number of ether oxygens (including phenoxy) is 1. The first-order valence-corrected chi connectivity index (χ1v) is 10.8. The van der Waals surface area contributed by atoms with Gasteiger partial charge in [0.05, 0.1) is 11.1 Å². The summed E-state index contributed by atoms with van der Waals surface area (Å²) in [7, 11) is 0. The van der Waals surface area contributed by atoms with E-state index in [0.717, 1.165) is 71.8 Å². The van der Waals surface area contributed by atoms with Crippen molar-refractivity contribution in [2.75, 3.05) is 6.61 Å². The highest BCUT2D eigenvalue weighted by Crippen LogP contribution is 2.30. The number of para-hydroxylation sites is 1. The number of hydrogen-bond acceptors (Lipinski definition) is 4. The summed E-state index contributed by atoms with van der Waals surface area (Å²) in [4.78, 5) is 30.8. The van der Waals surface area contributed by atoms with Crippen molar-refractivity contribution in [3.63, 3.8) is 0 Å². The van der Waals surface area contributed by atoms with Gasteiger partial charge in [0.25, 0.3) is 0 Å². The molecule has 0 atom stereocenters. The Labute approximate surface area is 177 Å². The molecule has 0 bridgehead atoms. The maximum absolute atomic E-state index is 13.1. The summed E-state index contributed by atoms with van der Waals surface area (Å²) in [5, 5.41) is 0.804. The maximum atomic E-state index is 13.1. The minimum absolute atomic E-state index is 0.150. The predicted molar refractivity (Wildman–Crippen MR) is 118 cm³/mol. The van der Waals surface area contributed by atoms with E-state index in [1.54, 1.807) is 0 Å². The van der Waals surface area contributed by atoms with Crippen LogP contribution in [0.4, 0.5) is 0 Å². The standard InChI is InChI=1S/C26H27NO3/c1-3-17-13-14-18(4-2)21(15-17)24(28)16-30-26(29)25-19-9-5-7-11-22(19)27-23-12-8-6-10-20(23)25/h5,7,9,11,13-15H,3-4,6,8,10,12,16H2,1-2H3. The number of rotatable bonds is 6. The molecule has 0 aliphatic heterocycles. The molecule has 0 saturated carbocycles. The van der Waals surface area contributed by atoms with Crippen molar-refractivity contribution in [1.29, 1.82) is 0 Å². The molecule has 0 saturated heterocycles. The van der Waals surface area contributed by atoms with E-state index in [9.17, 15) is 9.59 Å². The van der Waals surface area contributed by atoms with Crippen molar-refractivity contribution < 1.29 is 14.3 Å². The number of carbonyl (C=O) groups is 2. The van der Waals surface area contributed by atoms with E-state index in [-0.39, 0.29) is 12.4 Å². The molecule has 0 N–H and O–H groups in total. The molecule has 154 valence electrons. The molecule has 1 aliphatic carbocycles. The second-order valence-electron chi connectivity index (χ2n) is 7.83. The third-order valence-corrected chi connectivity index (χ3v) is 5.97. The number of hydrogen-bond donors (Lipinski definition) is 0. The zero-order valence-corrected chi connectivity index (χ0v) is 17.7. The summed E-state index contributed by atoms with van der Waals surface area (Å²) >= 11 is 0. The molecule has 1 heterocycles. The van der Waals surface area contributed by atoms with E-state index in [4.69, 9.17) is 9.72 Å².